The Morgan fingerprint density at radius 3 is 2.11 bits per heavy atom. The van der Waals surface area contributed by atoms with Gasteiger partial charge < -0.3 is 0 Å². The third-order valence-electron chi connectivity index (χ3n) is 3.29. The van der Waals surface area contributed by atoms with Crippen LogP contribution in [-0.2, 0) is 6.42 Å². The van der Waals surface area contributed by atoms with Crippen LogP contribution >= 0.6 is 27.5 Å². The zero-order valence-electron chi connectivity index (χ0n) is 11.3. The van der Waals surface area contributed by atoms with E-state index in [-0.39, 0.29) is 0 Å². The smallest absolute Gasteiger partial charge is 0.0295 e. The molecule has 100 valence electrons. The first-order chi connectivity index (χ1) is 9.08. The number of benzene rings is 2. The Kier molecular flexibility index (Phi) is 5.06. The predicted octanol–water partition coefficient (Wildman–Crippen LogP) is 5.63. The molecule has 0 aliphatic heterocycles. The van der Waals surface area contributed by atoms with Gasteiger partial charge in [-0.3, -0.25) is 0 Å². The highest BCUT2D eigenvalue weighted by atomic mass is 79.9. The summed E-state index contributed by atoms with van der Waals surface area (Å²) in [6.07, 6.45) is 0.994. The monoisotopic (exact) mass is 336 g/mol. The van der Waals surface area contributed by atoms with Crippen molar-refractivity contribution in [3.63, 3.8) is 0 Å². The van der Waals surface area contributed by atoms with Crippen molar-refractivity contribution < 1.29 is 0 Å². The lowest BCUT2D eigenvalue weighted by Gasteiger charge is -2.15. The van der Waals surface area contributed by atoms with Crippen LogP contribution in [0.25, 0.3) is 0 Å². The fourth-order valence-corrected chi connectivity index (χ4v) is 3.02. The topological polar surface area (TPSA) is 0 Å². The van der Waals surface area contributed by atoms with Gasteiger partial charge in [-0.1, -0.05) is 57.4 Å². The van der Waals surface area contributed by atoms with E-state index in [1.807, 2.05) is 0 Å². The molecule has 0 saturated carbocycles. The van der Waals surface area contributed by atoms with Crippen molar-refractivity contribution >= 4 is 27.5 Å². The molecular formula is C17H18BrCl. The van der Waals surface area contributed by atoms with E-state index in [0.29, 0.717) is 11.8 Å². The summed E-state index contributed by atoms with van der Waals surface area (Å²) in [5.74, 6) is 1.02. The second-order valence-electron chi connectivity index (χ2n) is 5.10. The first-order valence-electron chi connectivity index (χ1n) is 6.47. The summed E-state index contributed by atoms with van der Waals surface area (Å²) in [6.45, 7) is 4.29. The second-order valence-corrected chi connectivity index (χ2v) is 6.33. The van der Waals surface area contributed by atoms with Crippen LogP contribution in [0.4, 0.5) is 0 Å². The Bertz CT molecular complexity index is 525. The molecule has 0 nitrogen and oxygen atoms in total. The van der Waals surface area contributed by atoms with Gasteiger partial charge in [-0.15, -0.1) is 11.6 Å². The molecule has 0 spiro atoms. The molecule has 0 aliphatic carbocycles. The van der Waals surface area contributed by atoms with Crippen LogP contribution in [0.3, 0.4) is 0 Å². The van der Waals surface area contributed by atoms with E-state index in [2.05, 4.69) is 72.2 Å². The van der Waals surface area contributed by atoms with Gasteiger partial charge in [0.05, 0.1) is 0 Å². The lowest BCUT2D eigenvalue weighted by Crippen LogP contribution is -2.05. The van der Waals surface area contributed by atoms with E-state index in [1.165, 1.54) is 22.3 Å². The molecule has 2 aromatic carbocycles. The summed E-state index contributed by atoms with van der Waals surface area (Å²) >= 11 is 9.63. The molecule has 0 aliphatic rings. The number of rotatable bonds is 4. The van der Waals surface area contributed by atoms with Crippen LogP contribution in [0, 0.1) is 13.8 Å². The second kappa shape index (κ2) is 6.58. The number of alkyl halides is 1. The first kappa shape index (κ1) is 14.6. The average molecular weight is 338 g/mol. The third-order valence-corrected chi connectivity index (χ3v) is 4.19. The minimum atomic E-state index is 0.371. The lowest BCUT2D eigenvalue weighted by atomic mass is 9.92. The Hall–Kier alpha value is -0.790. The summed E-state index contributed by atoms with van der Waals surface area (Å²) in [4.78, 5) is 0. The third kappa shape index (κ3) is 4.09. The molecule has 0 radical (unpaired) electrons. The maximum Gasteiger partial charge on any atom is 0.0295 e. The molecule has 0 fully saturated rings. The predicted molar refractivity (Wildman–Crippen MR) is 87.2 cm³/mol. The zero-order chi connectivity index (χ0) is 13.8. The van der Waals surface area contributed by atoms with Gasteiger partial charge in [0, 0.05) is 16.3 Å². The standard InChI is InChI=1S/C17H18BrCl/c1-12-7-13(2)9-14(8-12)10-16(11-19)15-3-5-17(18)6-4-15/h3-9,16H,10-11H2,1-2H3. The number of halogens is 2. The van der Waals surface area contributed by atoms with E-state index in [4.69, 9.17) is 11.6 Å². The van der Waals surface area contributed by atoms with Gasteiger partial charge in [0.1, 0.15) is 0 Å². The molecule has 2 heteroatoms. The van der Waals surface area contributed by atoms with E-state index in [9.17, 15) is 0 Å². The SMILES string of the molecule is Cc1cc(C)cc(CC(CCl)c2ccc(Br)cc2)c1. The van der Waals surface area contributed by atoms with Crippen molar-refractivity contribution in [2.45, 2.75) is 26.2 Å². The highest BCUT2D eigenvalue weighted by Crippen LogP contribution is 2.25. The van der Waals surface area contributed by atoms with E-state index < -0.39 is 0 Å². The van der Waals surface area contributed by atoms with Crippen molar-refractivity contribution in [3.05, 3.63) is 69.2 Å². The minimum absolute atomic E-state index is 0.371. The van der Waals surface area contributed by atoms with Crippen LogP contribution < -0.4 is 0 Å². The molecule has 2 aromatic rings. The normalized spacial score (nSPS) is 12.4. The van der Waals surface area contributed by atoms with E-state index in [0.717, 1.165) is 10.9 Å². The molecule has 1 unspecified atom stereocenters. The summed E-state index contributed by atoms with van der Waals surface area (Å²) in [5.41, 5.74) is 5.31. The van der Waals surface area contributed by atoms with Crippen LogP contribution in [-0.4, -0.2) is 5.88 Å². The van der Waals surface area contributed by atoms with Crippen LogP contribution in [0.5, 0.6) is 0 Å². The molecule has 2 rings (SSSR count). The molecule has 0 heterocycles. The van der Waals surface area contributed by atoms with Gasteiger partial charge in [-0.2, -0.15) is 0 Å². The molecular weight excluding hydrogens is 320 g/mol. The Balaban J connectivity index is 2.21. The van der Waals surface area contributed by atoms with Gasteiger partial charge >= 0.3 is 0 Å². The number of hydrogen-bond donors (Lipinski definition) is 0. The minimum Gasteiger partial charge on any atom is -0.126 e. The van der Waals surface area contributed by atoms with Crippen molar-refractivity contribution in [2.75, 3.05) is 5.88 Å². The molecule has 19 heavy (non-hydrogen) atoms. The summed E-state index contributed by atoms with van der Waals surface area (Å²) in [7, 11) is 0. The van der Waals surface area contributed by atoms with Crippen molar-refractivity contribution in [1.29, 1.82) is 0 Å². The molecule has 0 aromatic heterocycles. The summed E-state index contributed by atoms with van der Waals surface area (Å²) in [6, 6.07) is 15.2. The molecule has 0 N–H and O–H groups in total. The van der Waals surface area contributed by atoms with Crippen LogP contribution in [0.2, 0.25) is 0 Å². The van der Waals surface area contributed by atoms with Gasteiger partial charge in [0.2, 0.25) is 0 Å². The molecule has 0 saturated heterocycles. The Labute approximate surface area is 128 Å². The molecule has 0 bridgehead atoms. The maximum atomic E-state index is 6.16. The van der Waals surface area contributed by atoms with Crippen LogP contribution in [0.15, 0.2) is 46.9 Å². The number of aryl methyl sites for hydroxylation is 2. The van der Waals surface area contributed by atoms with Gasteiger partial charge in [0.25, 0.3) is 0 Å². The first-order valence-corrected chi connectivity index (χ1v) is 7.80. The van der Waals surface area contributed by atoms with Crippen LogP contribution in [0.1, 0.15) is 28.2 Å². The summed E-state index contributed by atoms with van der Waals surface area (Å²) in [5, 5.41) is 0. The van der Waals surface area contributed by atoms with E-state index in [1.54, 1.807) is 0 Å². The lowest BCUT2D eigenvalue weighted by molar-refractivity contribution is 0.765. The quantitative estimate of drug-likeness (QED) is 0.634. The van der Waals surface area contributed by atoms with Crippen molar-refractivity contribution in [3.8, 4) is 0 Å². The molecule has 1 atom stereocenters. The largest absolute Gasteiger partial charge is 0.126 e. The fraction of sp³-hybridized carbons (Fsp3) is 0.294. The highest BCUT2D eigenvalue weighted by Gasteiger charge is 2.11. The number of hydrogen-bond acceptors (Lipinski definition) is 0. The zero-order valence-corrected chi connectivity index (χ0v) is 13.6. The Morgan fingerprint density at radius 2 is 1.58 bits per heavy atom. The summed E-state index contributed by atoms with van der Waals surface area (Å²) < 4.78 is 1.11. The average Bonchev–Trinajstić information content (AvgIpc) is 2.36. The van der Waals surface area contributed by atoms with E-state index >= 15 is 0 Å². The molecule has 0 amide bonds. The highest BCUT2D eigenvalue weighted by molar-refractivity contribution is 9.10. The fourth-order valence-electron chi connectivity index (χ4n) is 2.47. The van der Waals surface area contributed by atoms with Gasteiger partial charge in [-0.05, 0) is 43.5 Å². The van der Waals surface area contributed by atoms with Crippen molar-refractivity contribution in [1.82, 2.24) is 0 Å². The van der Waals surface area contributed by atoms with Gasteiger partial charge in [0.15, 0.2) is 0 Å². The Morgan fingerprint density at radius 1 is 1.00 bits per heavy atom. The van der Waals surface area contributed by atoms with Gasteiger partial charge in [-0.25, -0.2) is 0 Å². The maximum absolute atomic E-state index is 6.16. The van der Waals surface area contributed by atoms with Crippen molar-refractivity contribution in [2.24, 2.45) is 0 Å².